The highest BCUT2D eigenvalue weighted by Gasteiger charge is 2.14. The van der Waals surface area contributed by atoms with E-state index in [1.165, 1.54) is 11.8 Å². The Hall–Kier alpha value is -1.70. The van der Waals surface area contributed by atoms with Gasteiger partial charge in [-0.25, -0.2) is 5.43 Å². The zero-order valence-corrected chi connectivity index (χ0v) is 19.7. The number of carbonyl (C=O) groups is 1. The van der Waals surface area contributed by atoms with Crippen LogP contribution >= 0.6 is 39.3 Å². The molecule has 0 saturated carbocycles. The molecule has 1 N–H and O–H groups in total. The Morgan fingerprint density at radius 1 is 1.31 bits per heavy atom. The summed E-state index contributed by atoms with van der Waals surface area (Å²) >= 11 is 10.8. The number of hydrogen-bond donors (Lipinski definition) is 1. The lowest BCUT2D eigenvalue weighted by Crippen LogP contribution is -2.19. The second-order valence-electron chi connectivity index (χ2n) is 6.14. The minimum absolute atomic E-state index is 0.0717. The summed E-state index contributed by atoms with van der Waals surface area (Å²) in [6.07, 6.45) is 2.54. The minimum atomic E-state index is -0.193. The Bertz CT molecular complexity index is 847. The number of benzene rings is 2. The molecule has 0 aliphatic carbocycles. The van der Waals surface area contributed by atoms with Gasteiger partial charge in [-0.3, -0.25) is 4.79 Å². The van der Waals surface area contributed by atoms with Crippen molar-refractivity contribution in [2.45, 2.75) is 38.2 Å². The van der Waals surface area contributed by atoms with E-state index >= 15 is 0 Å². The van der Waals surface area contributed by atoms with Gasteiger partial charge in [-0.15, -0.1) is 11.8 Å². The number of carbonyl (C=O) groups excluding carboxylic acids is 1. The largest absolute Gasteiger partial charge is 0.490 e. The van der Waals surface area contributed by atoms with E-state index in [1.54, 1.807) is 18.3 Å². The molecule has 0 bridgehead atoms. The van der Waals surface area contributed by atoms with Gasteiger partial charge < -0.3 is 9.47 Å². The molecule has 1 amide bonds. The van der Waals surface area contributed by atoms with Crippen LogP contribution in [0, 0.1) is 0 Å². The Labute approximate surface area is 189 Å². The molecule has 29 heavy (non-hydrogen) atoms. The normalized spacial score (nSPS) is 12.0. The van der Waals surface area contributed by atoms with Gasteiger partial charge >= 0.3 is 0 Å². The molecular weight excluding hydrogens is 476 g/mol. The SMILES string of the molecule is CCOc1cc(/C=N\NC(=O)CSc2ccc(Cl)cc2)cc(Br)c1O[C@H](C)CC. The fraction of sp³-hybridized carbons (Fsp3) is 0.333. The number of hydrazone groups is 1. The second kappa shape index (κ2) is 12.1. The first-order valence-corrected chi connectivity index (χ1v) is 11.4. The van der Waals surface area contributed by atoms with Gasteiger partial charge in [-0.2, -0.15) is 5.10 Å². The Morgan fingerprint density at radius 3 is 2.69 bits per heavy atom. The van der Waals surface area contributed by atoms with Crippen molar-refractivity contribution < 1.29 is 14.3 Å². The molecule has 0 unspecified atom stereocenters. The summed E-state index contributed by atoms with van der Waals surface area (Å²) in [4.78, 5) is 13.0. The number of halogens is 2. The van der Waals surface area contributed by atoms with Gasteiger partial charge in [0.15, 0.2) is 11.5 Å². The number of thioether (sulfide) groups is 1. The van der Waals surface area contributed by atoms with E-state index in [9.17, 15) is 4.79 Å². The van der Waals surface area contributed by atoms with Crippen LogP contribution in [0.25, 0.3) is 0 Å². The lowest BCUT2D eigenvalue weighted by Gasteiger charge is -2.18. The topological polar surface area (TPSA) is 59.9 Å². The zero-order valence-electron chi connectivity index (χ0n) is 16.6. The second-order valence-corrected chi connectivity index (χ2v) is 8.48. The standard InChI is InChI=1S/C21H24BrClN2O3S/c1-4-14(3)28-21-18(22)10-15(11-19(21)27-5-2)12-24-25-20(26)13-29-17-8-6-16(23)7-9-17/h6-12,14H,4-5,13H2,1-3H3,(H,25,26)/b24-12-/t14-/m1/s1. The summed E-state index contributed by atoms with van der Waals surface area (Å²) in [5.74, 6) is 1.37. The number of ether oxygens (including phenoxy) is 2. The van der Waals surface area contributed by atoms with Crippen LogP contribution in [0.5, 0.6) is 11.5 Å². The summed E-state index contributed by atoms with van der Waals surface area (Å²) in [7, 11) is 0. The van der Waals surface area contributed by atoms with Crippen molar-refractivity contribution in [1.29, 1.82) is 0 Å². The van der Waals surface area contributed by atoms with Crippen LogP contribution in [0.4, 0.5) is 0 Å². The number of rotatable bonds is 10. The maximum atomic E-state index is 12.0. The lowest BCUT2D eigenvalue weighted by molar-refractivity contribution is -0.118. The molecule has 5 nitrogen and oxygen atoms in total. The van der Waals surface area contributed by atoms with Gasteiger partial charge in [0.25, 0.3) is 0 Å². The monoisotopic (exact) mass is 498 g/mol. The number of amides is 1. The first-order chi connectivity index (χ1) is 13.9. The van der Waals surface area contributed by atoms with E-state index in [1.807, 2.05) is 38.1 Å². The predicted octanol–water partition coefficient (Wildman–Crippen LogP) is 5.92. The molecular formula is C21H24BrClN2O3S. The van der Waals surface area contributed by atoms with Crippen LogP contribution in [0.15, 0.2) is 50.9 Å². The molecule has 0 radical (unpaired) electrons. The zero-order chi connectivity index (χ0) is 21.2. The Kier molecular flexibility index (Phi) is 9.84. The first-order valence-electron chi connectivity index (χ1n) is 9.26. The van der Waals surface area contributed by atoms with Gasteiger partial charge in [0.2, 0.25) is 5.91 Å². The molecule has 0 fully saturated rings. The number of hydrogen-bond acceptors (Lipinski definition) is 5. The summed E-state index contributed by atoms with van der Waals surface area (Å²) in [6, 6.07) is 11.0. The van der Waals surface area contributed by atoms with Gasteiger partial charge in [0.1, 0.15) is 0 Å². The third-order valence-corrected chi connectivity index (χ3v) is 5.67. The summed E-state index contributed by atoms with van der Waals surface area (Å²) in [6.45, 7) is 6.51. The van der Waals surface area contributed by atoms with Crippen molar-refractivity contribution in [2.24, 2.45) is 5.10 Å². The van der Waals surface area contributed by atoms with Crippen LogP contribution in [-0.2, 0) is 4.79 Å². The third kappa shape index (κ3) is 7.91. The molecule has 2 rings (SSSR count). The molecule has 0 aliphatic heterocycles. The average Bonchev–Trinajstić information content (AvgIpc) is 2.70. The number of nitrogens with zero attached hydrogens (tertiary/aromatic N) is 1. The molecule has 0 spiro atoms. The van der Waals surface area contributed by atoms with E-state index in [2.05, 4.69) is 33.4 Å². The molecule has 2 aromatic rings. The molecule has 2 aromatic carbocycles. The van der Waals surface area contributed by atoms with Gasteiger partial charge in [0, 0.05) is 9.92 Å². The molecule has 0 aromatic heterocycles. The first kappa shape index (κ1) is 23.6. The summed E-state index contributed by atoms with van der Waals surface area (Å²) in [5, 5.41) is 4.71. The van der Waals surface area contributed by atoms with Crippen molar-refractivity contribution >= 4 is 51.4 Å². The van der Waals surface area contributed by atoms with Gasteiger partial charge in [0.05, 0.1) is 29.2 Å². The Morgan fingerprint density at radius 2 is 2.03 bits per heavy atom. The lowest BCUT2D eigenvalue weighted by atomic mass is 10.2. The van der Waals surface area contributed by atoms with Crippen molar-refractivity contribution in [2.75, 3.05) is 12.4 Å². The smallest absolute Gasteiger partial charge is 0.250 e. The van der Waals surface area contributed by atoms with Crippen LogP contribution in [0.2, 0.25) is 5.02 Å². The highest BCUT2D eigenvalue weighted by atomic mass is 79.9. The van der Waals surface area contributed by atoms with E-state index in [0.717, 1.165) is 21.4 Å². The van der Waals surface area contributed by atoms with Crippen LogP contribution in [0.3, 0.4) is 0 Å². The molecule has 0 heterocycles. The summed E-state index contributed by atoms with van der Waals surface area (Å²) in [5.41, 5.74) is 3.32. The van der Waals surface area contributed by atoms with Crippen molar-refractivity contribution in [3.63, 3.8) is 0 Å². The van der Waals surface area contributed by atoms with Crippen LogP contribution < -0.4 is 14.9 Å². The molecule has 0 saturated heterocycles. The molecule has 156 valence electrons. The fourth-order valence-corrected chi connectivity index (χ4v) is 3.59. The molecule has 0 aliphatic rings. The van der Waals surface area contributed by atoms with E-state index in [4.69, 9.17) is 21.1 Å². The minimum Gasteiger partial charge on any atom is -0.490 e. The van der Waals surface area contributed by atoms with Crippen LogP contribution in [0.1, 0.15) is 32.8 Å². The van der Waals surface area contributed by atoms with Gasteiger partial charge in [-0.1, -0.05) is 18.5 Å². The summed E-state index contributed by atoms with van der Waals surface area (Å²) < 4.78 is 12.4. The van der Waals surface area contributed by atoms with Crippen molar-refractivity contribution in [3.05, 3.63) is 51.5 Å². The Balaban J connectivity index is 1.98. The number of nitrogens with one attached hydrogen (secondary N) is 1. The van der Waals surface area contributed by atoms with E-state index < -0.39 is 0 Å². The van der Waals surface area contributed by atoms with Crippen LogP contribution in [-0.4, -0.2) is 30.6 Å². The highest BCUT2D eigenvalue weighted by molar-refractivity contribution is 9.10. The van der Waals surface area contributed by atoms with E-state index in [0.29, 0.717) is 23.1 Å². The average molecular weight is 500 g/mol. The van der Waals surface area contributed by atoms with Gasteiger partial charge in [-0.05, 0) is 78.2 Å². The van der Waals surface area contributed by atoms with Crippen molar-refractivity contribution in [1.82, 2.24) is 5.43 Å². The fourth-order valence-electron chi connectivity index (χ4n) is 2.22. The third-order valence-electron chi connectivity index (χ3n) is 3.81. The maximum Gasteiger partial charge on any atom is 0.250 e. The predicted molar refractivity (Wildman–Crippen MR) is 124 cm³/mol. The molecule has 1 atom stereocenters. The van der Waals surface area contributed by atoms with E-state index in [-0.39, 0.29) is 17.8 Å². The highest BCUT2D eigenvalue weighted by Crippen LogP contribution is 2.37. The quantitative estimate of drug-likeness (QED) is 0.250. The van der Waals surface area contributed by atoms with Crippen molar-refractivity contribution in [3.8, 4) is 11.5 Å². The maximum absolute atomic E-state index is 12.0. The molecule has 8 heteroatoms.